The van der Waals surface area contributed by atoms with Crippen molar-refractivity contribution in [3.05, 3.63) is 24.8 Å². The van der Waals surface area contributed by atoms with Crippen LogP contribution in [0.1, 0.15) is 27.2 Å². The molecule has 1 rings (SSSR count). The van der Waals surface area contributed by atoms with E-state index in [2.05, 4.69) is 27.4 Å². The SMILES string of the molecule is C=CCOC(=O)N1C[C@@H](C(C)(C)C)C[C@@]1(/C=C/CS(C)(=O)=O)O[SiH](C)C. The Morgan fingerprint density at radius 1 is 1.38 bits per heavy atom. The summed E-state index contributed by atoms with van der Waals surface area (Å²) in [5.41, 5.74) is -0.980. The third-order valence-corrected chi connectivity index (χ3v) is 6.06. The maximum absolute atomic E-state index is 12.7. The molecule has 0 saturated carbocycles. The van der Waals surface area contributed by atoms with E-state index in [1.165, 1.54) is 12.3 Å². The predicted molar refractivity (Wildman–Crippen MR) is 107 cm³/mol. The van der Waals surface area contributed by atoms with Crippen molar-refractivity contribution in [1.82, 2.24) is 4.90 Å². The number of likely N-dealkylation sites (tertiary alicyclic amines) is 1. The van der Waals surface area contributed by atoms with E-state index < -0.39 is 30.7 Å². The fourth-order valence-corrected chi connectivity index (χ4v) is 4.61. The van der Waals surface area contributed by atoms with Crippen LogP contribution in [0, 0.1) is 11.3 Å². The van der Waals surface area contributed by atoms with Crippen LogP contribution < -0.4 is 0 Å². The Hall–Kier alpha value is -1.12. The normalized spacial score (nSPS) is 24.4. The summed E-state index contributed by atoms with van der Waals surface area (Å²) in [5.74, 6) is 0.113. The molecule has 0 N–H and O–H groups in total. The first-order valence-corrected chi connectivity index (χ1v) is 13.7. The fraction of sp³-hybridized carbons (Fsp3) is 0.722. The van der Waals surface area contributed by atoms with E-state index in [1.807, 2.05) is 13.1 Å². The largest absolute Gasteiger partial charge is 0.445 e. The van der Waals surface area contributed by atoms with E-state index >= 15 is 0 Å². The molecule has 6 nitrogen and oxygen atoms in total. The first kappa shape index (κ1) is 22.9. The molecule has 0 unspecified atom stereocenters. The van der Waals surface area contributed by atoms with Crippen LogP contribution in [-0.4, -0.2) is 59.3 Å². The van der Waals surface area contributed by atoms with Crippen molar-refractivity contribution in [2.75, 3.05) is 25.2 Å². The third-order valence-electron chi connectivity index (χ3n) is 4.39. The zero-order valence-electron chi connectivity index (χ0n) is 16.8. The number of hydrogen-bond acceptors (Lipinski definition) is 5. The van der Waals surface area contributed by atoms with Gasteiger partial charge in [-0.15, -0.1) is 0 Å². The number of nitrogens with zero attached hydrogens (tertiary/aromatic N) is 1. The van der Waals surface area contributed by atoms with Gasteiger partial charge in [0.05, 0.1) is 5.75 Å². The van der Waals surface area contributed by atoms with E-state index in [4.69, 9.17) is 9.16 Å². The monoisotopic (exact) mass is 403 g/mol. The minimum absolute atomic E-state index is 0.0225. The van der Waals surface area contributed by atoms with Crippen molar-refractivity contribution < 1.29 is 22.4 Å². The summed E-state index contributed by atoms with van der Waals surface area (Å²) in [6, 6.07) is 0. The number of amides is 1. The second-order valence-corrected chi connectivity index (χ2v) is 12.8. The summed E-state index contributed by atoms with van der Waals surface area (Å²) in [7, 11) is -4.68. The average molecular weight is 404 g/mol. The molecular weight excluding hydrogens is 370 g/mol. The molecule has 1 saturated heterocycles. The summed E-state index contributed by atoms with van der Waals surface area (Å²) >= 11 is 0. The van der Waals surface area contributed by atoms with E-state index in [-0.39, 0.29) is 23.7 Å². The highest BCUT2D eigenvalue weighted by Crippen LogP contribution is 2.44. The summed E-state index contributed by atoms with van der Waals surface area (Å²) in [6.45, 7) is 14.7. The molecule has 0 aromatic heterocycles. The quantitative estimate of drug-likeness (QED) is 0.483. The average Bonchev–Trinajstić information content (AvgIpc) is 2.82. The lowest BCUT2D eigenvalue weighted by molar-refractivity contribution is -0.0131. The molecule has 8 heteroatoms. The lowest BCUT2D eigenvalue weighted by Crippen LogP contribution is -2.50. The van der Waals surface area contributed by atoms with Crippen LogP contribution in [0.25, 0.3) is 0 Å². The Labute approximate surface area is 159 Å². The van der Waals surface area contributed by atoms with Crippen molar-refractivity contribution in [2.24, 2.45) is 11.3 Å². The molecule has 0 aromatic rings. The van der Waals surface area contributed by atoms with Gasteiger partial charge < -0.3 is 9.16 Å². The smallest absolute Gasteiger partial charge is 0.412 e. The van der Waals surface area contributed by atoms with Gasteiger partial charge in [0.2, 0.25) is 0 Å². The molecule has 0 spiro atoms. The molecule has 0 radical (unpaired) electrons. The van der Waals surface area contributed by atoms with Gasteiger partial charge in [0.1, 0.15) is 6.61 Å². The second kappa shape index (κ2) is 8.71. The van der Waals surface area contributed by atoms with Crippen LogP contribution in [0.2, 0.25) is 13.1 Å². The highest BCUT2D eigenvalue weighted by molar-refractivity contribution is 7.90. The van der Waals surface area contributed by atoms with Gasteiger partial charge in [-0.1, -0.05) is 39.5 Å². The first-order valence-electron chi connectivity index (χ1n) is 8.89. The van der Waals surface area contributed by atoms with Crippen molar-refractivity contribution in [1.29, 1.82) is 0 Å². The second-order valence-electron chi connectivity index (χ2n) is 8.25. The van der Waals surface area contributed by atoms with Gasteiger partial charge >= 0.3 is 6.09 Å². The Kier molecular flexibility index (Phi) is 7.68. The Morgan fingerprint density at radius 2 is 2.00 bits per heavy atom. The highest BCUT2D eigenvalue weighted by atomic mass is 32.2. The van der Waals surface area contributed by atoms with Crippen LogP contribution >= 0.6 is 0 Å². The van der Waals surface area contributed by atoms with E-state index in [9.17, 15) is 13.2 Å². The summed E-state index contributed by atoms with van der Waals surface area (Å²) in [6.07, 6.45) is 6.19. The molecule has 0 aromatic carbocycles. The van der Waals surface area contributed by atoms with E-state index in [1.54, 1.807) is 17.1 Å². The van der Waals surface area contributed by atoms with Gasteiger partial charge in [-0.25, -0.2) is 13.2 Å². The number of carbonyl (C=O) groups is 1. The minimum Gasteiger partial charge on any atom is -0.445 e. The van der Waals surface area contributed by atoms with Crippen molar-refractivity contribution >= 4 is 25.0 Å². The van der Waals surface area contributed by atoms with Crippen LogP contribution in [0.15, 0.2) is 24.8 Å². The zero-order chi connectivity index (χ0) is 20.2. The van der Waals surface area contributed by atoms with Crippen molar-refractivity contribution in [3.8, 4) is 0 Å². The maximum Gasteiger partial charge on any atom is 0.412 e. The van der Waals surface area contributed by atoms with E-state index in [0.29, 0.717) is 13.0 Å². The Morgan fingerprint density at radius 3 is 2.46 bits per heavy atom. The summed E-state index contributed by atoms with van der Waals surface area (Å²) < 4.78 is 34.6. The molecule has 1 amide bonds. The van der Waals surface area contributed by atoms with Crippen molar-refractivity contribution in [3.63, 3.8) is 0 Å². The lowest BCUT2D eigenvalue weighted by Gasteiger charge is -2.37. The number of sulfone groups is 1. The number of hydrogen-bond donors (Lipinski definition) is 0. The maximum atomic E-state index is 12.7. The Balaban J connectivity index is 3.27. The van der Waals surface area contributed by atoms with Gasteiger partial charge in [-0.05, 0) is 30.5 Å². The number of carbonyl (C=O) groups excluding carboxylic acids is 1. The first-order chi connectivity index (χ1) is 11.8. The molecule has 1 aliphatic heterocycles. The molecule has 0 bridgehead atoms. The molecule has 1 fully saturated rings. The predicted octanol–water partition coefficient (Wildman–Crippen LogP) is 2.97. The molecule has 2 atom stereocenters. The van der Waals surface area contributed by atoms with Crippen LogP contribution in [-0.2, 0) is 19.0 Å². The van der Waals surface area contributed by atoms with Gasteiger partial charge in [-0.3, -0.25) is 4.90 Å². The van der Waals surface area contributed by atoms with Gasteiger partial charge in [0.15, 0.2) is 24.6 Å². The van der Waals surface area contributed by atoms with Gasteiger partial charge in [0.25, 0.3) is 0 Å². The van der Waals surface area contributed by atoms with Crippen LogP contribution in [0.5, 0.6) is 0 Å². The number of rotatable bonds is 7. The molecule has 26 heavy (non-hydrogen) atoms. The van der Waals surface area contributed by atoms with E-state index in [0.717, 1.165) is 0 Å². The lowest BCUT2D eigenvalue weighted by atomic mass is 9.79. The molecule has 150 valence electrons. The van der Waals surface area contributed by atoms with Crippen LogP contribution in [0.3, 0.4) is 0 Å². The zero-order valence-corrected chi connectivity index (χ0v) is 18.8. The minimum atomic E-state index is -3.14. The van der Waals surface area contributed by atoms with Crippen molar-refractivity contribution in [2.45, 2.75) is 46.0 Å². The standard InChI is InChI=1S/C18H33NO5SSi/c1-8-11-23-16(20)19-14-15(17(2,3)4)13-18(19,24-26(6)7)10-9-12-25(5,21)22/h8-10,15,26H,1,11-14H2,2-7H3/b10-9+/t15-,18+/m0/s1. The molecule has 1 aliphatic rings. The van der Waals surface area contributed by atoms with Gasteiger partial charge in [0, 0.05) is 19.2 Å². The fourth-order valence-electron chi connectivity index (χ4n) is 3.04. The summed E-state index contributed by atoms with van der Waals surface area (Å²) in [4.78, 5) is 14.3. The molecular formula is C18H33NO5SSi. The topological polar surface area (TPSA) is 72.9 Å². The third kappa shape index (κ3) is 6.55. The van der Waals surface area contributed by atoms with Gasteiger partial charge in [-0.2, -0.15) is 0 Å². The molecule has 0 aliphatic carbocycles. The highest BCUT2D eigenvalue weighted by Gasteiger charge is 2.51. The summed E-state index contributed by atoms with van der Waals surface area (Å²) in [5, 5.41) is 0. The van der Waals surface area contributed by atoms with Crippen LogP contribution in [0.4, 0.5) is 4.79 Å². The molecule has 1 heterocycles. The Bertz CT molecular complexity index is 638. The number of ether oxygens (including phenoxy) is 1.